The highest BCUT2D eigenvalue weighted by atomic mass is 32.2. The van der Waals surface area contributed by atoms with Crippen LogP contribution in [0.1, 0.15) is 0 Å². The van der Waals surface area contributed by atoms with Gasteiger partial charge in [-0.1, -0.05) is 12.1 Å². The molecule has 4 nitrogen and oxygen atoms in total. The van der Waals surface area contributed by atoms with Crippen molar-refractivity contribution in [3.05, 3.63) is 54.3 Å². The lowest BCUT2D eigenvalue weighted by Gasteiger charge is -2.09. The first-order chi connectivity index (χ1) is 9.01. The SMILES string of the molecule is COc1cccc(NS(=O)(=O)c2cccc(F)c2)c1. The van der Waals surface area contributed by atoms with Crippen LogP contribution in [0, 0.1) is 5.82 Å². The monoisotopic (exact) mass is 281 g/mol. The molecule has 0 aliphatic carbocycles. The Balaban J connectivity index is 2.31. The summed E-state index contributed by atoms with van der Waals surface area (Å²) in [4.78, 5) is -0.129. The van der Waals surface area contributed by atoms with Crippen LogP contribution in [-0.4, -0.2) is 15.5 Å². The average Bonchev–Trinajstić information content (AvgIpc) is 2.38. The Morgan fingerprint density at radius 1 is 1.11 bits per heavy atom. The molecule has 0 aliphatic heterocycles. The summed E-state index contributed by atoms with van der Waals surface area (Å²) in [5.74, 6) is -0.0760. The number of rotatable bonds is 4. The maximum atomic E-state index is 13.0. The minimum Gasteiger partial charge on any atom is -0.497 e. The van der Waals surface area contributed by atoms with Crippen LogP contribution in [0.25, 0.3) is 0 Å². The van der Waals surface area contributed by atoms with Crippen molar-refractivity contribution < 1.29 is 17.5 Å². The summed E-state index contributed by atoms with van der Waals surface area (Å²) < 4.78 is 44.5. The molecule has 0 amide bonds. The molecule has 0 aliphatic rings. The van der Waals surface area contributed by atoms with Crippen LogP contribution >= 0.6 is 0 Å². The fraction of sp³-hybridized carbons (Fsp3) is 0.0769. The molecule has 0 heterocycles. The average molecular weight is 281 g/mol. The number of hydrogen-bond donors (Lipinski definition) is 1. The molecule has 2 aromatic carbocycles. The van der Waals surface area contributed by atoms with Crippen molar-refractivity contribution in [1.29, 1.82) is 0 Å². The van der Waals surface area contributed by atoms with Gasteiger partial charge in [0.2, 0.25) is 0 Å². The van der Waals surface area contributed by atoms with Gasteiger partial charge in [-0.05, 0) is 30.3 Å². The van der Waals surface area contributed by atoms with Crippen LogP contribution < -0.4 is 9.46 Å². The molecular weight excluding hydrogens is 269 g/mol. The van der Waals surface area contributed by atoms with Gasteiger partial charge in [-0.2, -0.15) is 0 Å². The van der Waals surface area contributed by atoms with Crippen LogP contribution in [0.3, 0.4) is 0 Å². The van der Waals surface area contributed by atoms with Crippen molar-refractivity contribution in [1.82, 2.24) is 0 Å². The summed E-state index contributed by atoms with van der Waals surface area (Å²) in [6, 6.07) is 11.3. The Kier molecular flexibility index (Phi) is 3.71. The molecule has 2 rings (SSSR count). The number of methoxy groups -OCH3 is 1. The van der Waals surface area contributed by atoms with Gasteiger partial charge in [-0.25, -0.2) is 12.8 Å². The lowest BCUT2D eigenvalue weighted by Crippen LogP contribution is -2.13. The second kappa shape index (κ2) is 5.27. The highest BCUT2D eigenvalue weighted by molar-refractivity contribution is 7.92. The highest BCUT2D eigenvalue weighted by Crippen LogP contribution is 2.20. The van der Waals surface area contributed by atoms with Gasteiger partial charge in [-0.15, -0.1) is 0 Å². The number of ether oxygens (including phenoxy) is 1. The van der Waals surface area contributed by atoms with Gasteiger partial charge in [0.15, 0.2) is 0 Å². The second-order valence-corrected chi connectivity index (χ2v) is 5.48. The number of benzene rings is 2. The zero-order valence-corrected chi connectivity index (χ0v) is 10.9. The molecule has 0 atom stereocenters. The zero-order valence-electron chi connectivity index (χ0n) is 10.1. The summed E-state index contributed by atoms with van der Waals surface area (Å²) in [5, 5.41) is 0. The molecule has 0 unspecified atom stereocenters. The fourth-order valence-electron chi connectivity index (χ4n) is 1.53. The number of sulfonamides is 1. The number of nitrogens with one attached hydrogen (secondary N) is 1. The third-order valence-corrected chi connectivity index (χ3v) is 3.81. The number of anilines is 1. The van der Waals surface area contributed by atoms with E-state index in [-0.39, 0.29) is 4.90 Å². The largest absolute Gasteiger partial charge is 0.497 e. The van der Waals surface area contributed by atoms with Gasteiger partial charge in [0.05, 0.1) is 17.7 Å². The predicted molar refractivity (Wildman–Crippen MR) is 70.2 cm³/mol. The predicted octanol–water partition coefficient (Wildman–Crippen LogP) is 2.64. The Morgan fingerprint density at radius 3 is 2.53 bits per heavy atom. The molecule has 2 aromatic rings. The molecule has 0 bridgehead atoms. The van der Waals surface area contributed by atoms with Gasteiger partial charge >= 0.3 is 0 Å². The maximum Gasteiger partial charge on any atom is 0.261 e. The van der Waals surface area contributed by atoms with E-state index in [0.29, 0.717) is 11.4 Å². The summed E-state index contributed by atoms with van der Waals surface area (Å²) in [6.45, 7) is 0. The van der Waals surface area contributed by atoms with Crippen molar-refractivity contribution in [3.63, 3.8) is 0 Å². The fourth-order valence-corrected chi connectivity index (χ4v) is 2.62. The Labute approximate surface area is 110 Å². The topological polar surface area (TPSA) is 55.4 Å². The van der Waals surface area contributed by atoms with E-state index in [1.165, 1.54) is 31.4 Å². The van der Waals surface area contributed by atoms with E-state index in [0.717, 1.165) is 6.07 Å². The third kappa shape index (κ3) is 3.23. The minimum absolute atomic E-state index is 0.129. The van der Waals surface area contributed by atoms with Crippen LogP contribution in [0.2, 0.25) is 0 Å². The summed E-state index contributed by atoms with van der Waals surface area (Å²) in [7, 11) is -2.32. The van der Waals surface area contributed by atoms with E-state index in [9.17, 15) is 12.8 Å². The lowest BCUT2D eigenvalue weighted by atomic mass is 10.3. The third-order valence-electron chi connectivity index (χ3n) is 2.43. The van der Waals surface area contributed by atoms with Crippen LogP contribution in [-0.2, 0) is 10.0 Å². The van der Waals surface area contributed by atoms with Crippen LogP contribution in [0.15, 0.2) is 53.4 Å². The molecule has 0 spiro atoms. The van der Waals surface area contributed by atoms with Gasteiger partial charge in [0.25, 0.3) is 10.0 Å². The van der Waals surface area contributed by atoms with Gasteiger partial charge in [-0.3, -0.25) is 4.72 Å². The molecule has 6 heteroatoms. The van der Waals surface area contributed by atoms with E-state index in [1.54, 1.807) is 18.2 Å². The Morgan fingerprint density at radius 2 is 1.84 bits per heavy atom. The maximum absolute atomic E-state index is 13.0. The van der Waals surface area contributed by atoms with Crippen molar-refractivity contribution >= 4 is 15.7 Å². The molecule has 0 saturated carbocycles. The highest BCUT2D eigenvalue weighted by Gasteiger charge is 2.14. The molecule has 100 valence electrons. The quantitative estimate of drug-likeness (QED) is 0.937. The van der Waals surface area contributed by atoms with Gasteiger partial charge in [0.1, 0.15) is 11.6 Å². The molecule has 0 radical (unpaired) electrons. The molecule has 0 fully saturated rings. The van der Waals surface area contributed by atoms with Gasteiger partial charge in [0, 0.05) is 6.07 Å². The first-order valence-electron chi connectivity index (χ1n) is 5.44. The van der Waals surface area contributed by atoms with Crippen molar-refractivity contribution in [2.24, 2.45) is 0 Å². The van der Waals surface area contributed by atoms with Crippen molar-refractivity contribution in [3.8, 4) is 5.75 Å². The van der Waals surface area contributed by atoms with Crippen molar-refractivity contribution in [2.75, 3.05) is 11.8 Å². The van der Waals surface area contributed by atoms with E-state index < -0.39 is 15.8 Å². The lowest BCUT2D eigenvalue weighted by molar-refractivity contribution is 0.415. The number of halogens is 1. The molecule has 0 aromatic heterocycles. The molecule has 0 saturated heterocycles. The standard InChI is InChI=1S/C13H12FNO3S/c1-18-12-6-3-5-11(9-12)15-19(16,17)13-7-2-4-10(14)8-13/h2-9,15H,1H3. The molecule has 19 heavy (non-hydrogen) atoms. The van der Waals surface area contributed by atoms with Crippen LogP contribution in [0.5, 0.6) is 5.75 Å². The van der Waals surface area contributed by atoms with E-state index >= 15 is 0 Å². The normalized spacial score (nSPS) is 11.1. The summed E-state index contributed by atoms with van der Waals surface area (Å²) >= 11 is 0. The van der Waals surface area contributed by atoms with E-state index in [4.69, 9.17) is 4.74 Å². The Hall–Kier alpha value is -2.08. The summed E-state index contributed by atoms with van der Waals surface area (Å²) in [5.41, 5.74) is 0.351. The first-order valence-corrected chi connectivity index (χ1v) is 6.92. The van der Waals surface area contributed by atoms with Crippen LogP contribution in [0.4, 0.5) is 10.1 Å². The summed E-state index contributed by atoms with van der Waals surface area (Å²) in [6.07, 6.45) is 0. The second-order valence-electron chi connectivity index (χ2n) is 3.79. The van der Waals surface area contributed by atoms with E-state index in [1.807, 2.05) is 0 Å². The zero-order chi connectivity index (χ0) is 13.9. The van der Waals surface area contributed by atoms with Gasteiger partial charge < -0.3 is 4.74 Å². The minimum atomic E-state index is -3.81. The first kappa shape index (κ1) is 13.4. The molecule has 1 N–H and O–H groups in total. The molecular formula is C13H12FNO3S. The van der Waals surface area contributed by atoms with E-state index in [2.05, 4.69) is 4.72 Å². The van der Waals surface area contributed by atoms with Crippen molar-refractivity contribution in [2.45, 2.75) is 4.90 Å². The number of hydrogen-bond acceptors (Lipinski definition) is 3. The Bertz CT molecular complexity index is 686. The smallest absolute Gasteiger partial charge is 0.261 e.